The number of aliphatic carboxylic acids is 1. The van der Waals surface area contributed by atoms with Crippen molar-refractivity contribution in [2.75, 3.05) is 21.3 Å². The monoisotopic (exact) mass is 307 g/mol. The van der Waals surface area contributed by atoms with Crippen molar-refractivity contribution in [1.82, 2.24) is 4.57 Å². The predicted octanol–water partition coefficient (Wildman–Crippen LogP) is 2.17. The fraction of sp³-hybridized carbons (Fsp3) is 0.333. The van der Waals surface area contributed by atoms with E-state index in [1.165, 1.54) is 25.9 Å². The molecule has 7 nitrogen and oxygen atoms in total. The Morgan fingerprint density at radius 2 is 1.77 bits per heavy atom. The van der Waals surface area contributed by atoms with Gasteiger partial charge in [0.05, 0.1) is 33.3 Å². The Morgan fingerprint density at radius 1 is 1.09 bits per heavy atom. The minimum atomic E-state index is -1.01. The molecule has 1 aromatic carbocycles. The van der Waals surface area contributed by atoms with Gasteiger partial charge in [0.2, 0.25) is 11.7 Å². The number of benzene rings is 1. The Hall–Kier alpha value is -2.70. The van der Waals surface area contributed by atoms with Gasteiger partial charge in [-0.3, -0.25) is 14.2 Å². The lowest BCUT2D eigenvalue weighted by atomic mass is 10.2. The molecule has 2 rings (SSSR count). The first-order valence-electron chi connectivity index (χ1n) is 6.58. The van der Waals surface area contributed by atoms with Crippen molar-refractivity contribution in [3.05, 3.63) is 18.3 Å². The summed E-state index contributed by atoms with van der Waals surface area (Å²) in [4.78, 5) is 22.8. The van der Waals surface area contributed by atoms with Gasteiger partial charge >= 0.3 is 5.97 Å². The third-order valence-electron chi connectivity index (χ3n) is 3.32. The van der Waals surface area contributed by atoms with E-state index >= 15 is 0 Å². The highest BCUT2D eigenvalue weighted by Crippen LogP contribution is 2.43. The van der Waals surface area contributed by atoms with Crippen molar-refractivity contribution in [1.29, 1.82) is 0 Å². The lowest BCUT2D eigenvalue weighted by Crippen LogP contribution is -2.11. The quantitative estimate of drug-likeness (QED) is 0.880. The SMILES string of the molecule is COc1cc2c(ccn2C(=O)CCC(=O)O)c(OC)c1OC. The maximum atomic E-state index is 12.2. The minimum absolute atomic E-state index is 0.0875. The number of carbonyl (C=O) groups excluding carboxylic acids is 1. The van der Waals surface area contributed by atoms with Gasteiger partial charge in [0, 0.05) is 24.1 Å². The van der Waals surface area contributed by atoms with Crippen LogP contribution in [0.25, 0.3) is 10.9 Å². The van der Waals surface area contributed by atoms with Gasteiger partial charge in [-0.15, -0.1) is 0 Å². The topological polar surface area (TPSA) is 87.0 Å². The largest absolute Gasteiger partial charge is 0.493 e. The van der Waals surface area contributed by atoms with Crippen LogP contribution in [0.2, 0.25) is 0 Å². The maximum Gasteiger partial charge on any atom is 0.303 e. The molecule has 0 unspecified atom stereocenters. The third-order valence-corrected chi connectivity index (χ3v) is 3.32. The zero-order chi connectivity index (χ0) is 16.3. The lowest BCUT2D eigenvalue weighted by molar-refractivity contribution is -0.136. The fourth-order valence-electron chi connectivity index (χ4n) is 2.31. The first-order valence-corrected chi connectivity index (χ1v) is 6.58. The molecule has 0 aliphatic rings. The molecular weight excluding hydrogens is 290 g/mol. The van der Waals surface area contributed by atoms with Crippen LogP contribution in [0.15, 0.2) is 18.3 Å². The van der Waals surface area contributed by atoms with Crippen LogP contribution in [0.4, 0.5) is 0 Å². The number of rotatable bonds is 6. The molecular formula is C15H17NO6. The number of carboxylic acid groups (broad SMARTS) is 1. The van der Waals surface area contributed by atoms with Crippen LogP contribution in [0.3, 0.4) is 0 Å². The van der Waals surface area contributed by atoms with E-state index in [-0.39, 0.29) is 18.7 Å². The highest BCUT2D eigenvalue weighted by molar-refractivity contribution is 5.98. The average molecular weight is 307 g/mol. The standard InChI is InChI=1S/C15H17NO6/c1-20-11-8-10-9(14(21-2)15(11)22-3)6-7-16(10)12(17)4-5-13(18)19/h6-8H,4-5H2,1-3H3,(H,18,19). The first-order chi connectivity index (χ1) is 10.5. The molecule has 22 heavy (non-hydrogen) atoms. The van der Waals surface area contributed by atoms with Crippen molar-refractivity contribution in [3.8, 4) is 17.2 Å². The molecule has 1 aromatic heterocycles. The minimum Gasteiger partial charge on any atom is -0.493 e. The van der Waals surface area contributed by atoms with Crippen LogP contribution < -0.4 is 14.2 Å². The Balaban J connectivity index is 2.55. The maximum absolute atomic E-state index is 12.2. The molecule has 118 valence electrons. The average Bonchev–Trinajstić information content (AvgIpc) is 2.93. The second kappa shape index (κ2) is 6.38. The van der Waals surface area contributed by atoms with Gasteiger partial charge < -0.3 is 19.3 Å². The van der Waals surface area contributed by atoms with Crippen LogP contribution >= 0.6 is 0 Å². The summed E-state index contributed by atoms with van der Waals surface area (Å²) in [6.45, 7) is 0. The number of methoxy groups -OCH3 is 3. The second-order valence-electron chi connectivity index (χ2n) is 4.55. The van der Waals surface area contributed by atoms with Crippen LogP contribution in [-0.2, 0) is 4.79 Å². The van der Waals surface area contributed by atoms with Gasteiger partial charge in [-0.1, -0.05) is 0 Å². The van der Waals surface area contributed by atoms with E-state index in [4.69, 9.17) is 19.3 Å². The second-order valence-corrected chi connectivity index (χ2v) is 4.55. The van der Waals surface area contributed by atoms with E-state index in [1.807, 2.05) is 0 Å². The number of hydrogen-bond acceptors (Lipinski definition) is 5. The highest BCUT2D eigenvalue weighted by atomic mass is 16.5. The molecule has 1 N–H and O–H groups in total. The summed E-state index contributed by atoms with van der Waals surface area (Å²) in [6.07, 6.45) is 1.27. The van der Waals surface area contributed by atoms with Gasteiger partial charge in [-0.05, 0) is 6.07 Å². The van der Waals surface area contributed by atoms with E-state index in [0.29, 0.717) is 28.2 Å². The Labute approximate surface area is 127 Å². The van der Waals surface area contributed by atoms with Gasteiger partial charge in [-0.2, -0.15) is 0 Å². The van der Waals surface area contributed by atoms with E-state index in [0.717, 1.165) is 0 Å². The Kier molecular flexibility index (Phi) is 4.55. The summed E-state index contributed by atoms with van der Waals surface area (Å²) in [5, 5.41) is 9.37. The zero-order valence-electron chi connectivity index (χ0n) is 12.6. The summed E-state index contributed by atoms with van der Waals surface area (Å²) >= 11 is 0. The molecule has 0 bridgehead atoms. The molecule has 0 fully saturated rings. The normalized spacial score (nSPS) is 10.5. The van der Waals surface area contributed by atoms with Gasteiger partial charge in [0.1, 0.15) is 0 Å². The van der Waals surface area contributed by atoms with Crippen LogP contribution in [0, 0.1) is 0 Å². The summed E-state index contributed by atoms with van der Waals surface area (Å²) < 4.78 is 17.3. The number of carbonyl (C=O) groups is 2. The fourth-order valence-corrected chi connectivity index (χ4v) is 2.31. The van der Waals surface area contributed by atoms with Crippen molar-refractivity contribution in [3.63, 3.8) is 0 Å². The van der Waals surface area contributed by atoms with Crippen molar-refractivity contribution in [2.45, 2.75) is 12.8 Å². The number of aromatic nitrogens is 1. The predicted molar refractivity (Wildman–Crippen MR) is 79.1 cm³/mol. The molecule has 0 amide bonds. The summed E-state index contributed by atoms with van der Waals surface area (Å²) in [6, 6.07) is 3.38. The Morgan fingerprint density at radius 3 is 2.32 bits per heavy atom. The molecule has 7 heteroatoms. The third kappa shape index (κ3) is 2.69. The number of fused-ring (bicyclic) bond motifs is 1. The van der Waals surface area contributed by atoms with E-state index in [2.05, 4.69) is 0 Å². The molecule has 0 spiro atoms. The molecule has 1 heterocycles. The molecule has 0 aliphatic heterocycles. The van der Waals surface area contributed by atoms with Gasteiger partial charge in [0.15, 0.2) is 11.5 Å². The van der Waals surface area contributed by atoms with Crippen molar-refractivity contribution < 1.29 is 28.9 Å². The molecule has 0 saturated heterocycles. The van der Waals surface area contributed by atoms with Crippen LogP contribution in [-0.4, -0.2) is 42.9 Å². The van der Waals surface area contributed by atoms with Crippen molar-refractivity contribution >= 4 is 22.8 Å². The Bertz CT molecular complexity index is 718. The van der Waals surface area contributed by atoms with Gasteiger partial charge in [-0.25, -0.2) is 0 Å². The zero-order valence-corrected chi connectivity index (χ0v) is 12.6. The molecule has 2 aromatic rings. The number of hydrogen-bond donors (Lipinski definition) is 1. The van der Waals surface area contributed by atoms with Crippen LogP contribution in [0.5, 0.6) is 17.2 Å². The molecule has 0 aliphatic carbocycles. The van der Waals surface area contributed by atoms with E-state index < -0.39 is 5.97 Å². The lowest BCUT2D eigenvalue weighted by Gasteiger charge is -2.14. The smallest absolute Gasteiger partial charge is 0.303 e. The van der Waals surface area contributed by atoms with E-state index in [9.17, 15) is 9.59 Å². The molecule has 0 radical (unpaired) electrons. The van der Waals surface area contributed by atoms with Crippen molar-refractivity contribution in [2.24, 2.45) is 0 Å². The summed E-state index contributed by atoms with van der Waals surface area (Å²) in [5.74, 6) is 0.000944. The molecule has 0 atom stereocenters. The number of ether oxygens (including phenoxy) is 3. The summed E-state index contributed by atoms with van der Waals surface area (Å²) in [5.41, 5.74) is 0.574. The van der Waals surface area contributed by atoms with E-state index in [1.54, 1.807) is 18.3 Å². The first kappa shape index (κ1) is 15.7. The molecule has 0 saturated carbocycles. The number of carboxylic acids is 1. The summed E-state index contributed by atoms with van der Waals surface area (Å²) in [7, 11) is 4.49. The number of nitrogens with zero attached hydrogens (tertiary/aromatic N) is 1. The highest BCUT2D eigenvalue weighted by Gasteiger charge is 2.20. The van der Waals surface area contributed by atoms with Gasteiger partial charge in [0.25, 0.3) is 0 Å². The van der Waals surface area contributed by atoms with Crippen LogP contribution in [0.1, 0.15) is 17.6 Å².